The van der Waals surface area contributed by atoms with Gasteiger partial charge in [0.2, 0.25) is 0 Å². The van der Waals surface area contributed by atoms with Crippen LogP contribution >= 0.6 is 23.8 Å². The quantitative estimate of drug-likeness (QED) is 0.591. The number of carbonyl (C=O) groups excluding carboxylic acids is 1. The van der Waals surface area contributed by atoms with E-state index in [0.717, 1.165) is 11.1 Å². The van der Waals surface area contributed by atoms with E-state index in [4.69, 9.17) is 33.7 Å². The lowest BCUT2D eigenvalue weighted by molar-refractivity contribution is -0.139. The first-order valence-electron chi connectivity index (χ1n) is 8.32. The van der Waals surface area contributed by atoms with E-state index in [2.05, 4.69) is 0 Å². The van der Waals surface area contributed by atoms with E-state index in [0.29, 0.717) is 27.3 Å². The summed E-state index contributed by atoms with van der Waals surface area (Å²) in [5, 5.41) is 9.62. The Kier molecular flexibility index (Phi) is 5.67. The highest BCUT2D eigenvalue weighted by Gasteiger charge is 2.37. The summed E-state index contributed by atoms with van der Waals surface area (Å²) in [6.07, 6.45) is 1.72. The van der Waals surface area contributed by atoms with E-state index < -0.39 is 12.6 Å². The number of carboxylic acid groups (broad SMARTS) is 1. The molecule has 1 fully saturated rings. The second kappa shape index (κ2) is 8.00. The van der Waals surface area contributed by atoms with Crippen molar-refractivity contribution < 1.29 is 19.4 Å². The van der Waals surface area contributed by atoms with Crippen molar-refractivity contribution in [3.8, 4) is 5.75 Å². The van der Waals surface area contributed by atoms with Gasteiger partial charge in [0.15, 0.2) is 11.7 Å². The smallest absolute Gasteiger partial charge is 0.341 e. The first kappa shape index (κ1) is 19.9. The van der Waals surface area contributed by atoms with Crippen LogP contribution in [0.5, 0.6) is 5.75 Å². The van der Waals surface area contributed by atoms with Gasteiger partial charge >= 0.3 is 5.97 Å². The van der Waals surface area contributed by atoms with E-state index in [-0.39, 0.29) is 5.91 Å². The molecular weight excluding hydrogens is 400 g/mol. The van der Waals surface area contributed by atoms with E-state index >= 15 is 0 Å². The third kappa shape index (κ3) is 4.00. The first-order valence-corrected chi connectivity index (χ1v) is 9.11. The number of nitrogens with zero attached hydrogens (tertiary/aromatic N) is 2. The molecule has 1 N–H and O–H groups in total. The Morgan fingerprint density at radius 2 is 1.93 bits per heavy atom. The number of thiocarbonyl (C=S) groups is 1. The molecule has 0 atom stereocenters. The lowest BCUT2D eigenvalue weighted by Gasteiger charge is -2.18. The van der Waals surface area contributed by atoms with Gasteiger partial charge in [-0.05, 0) is 66.7 Å². The average molecular weight is 417 g/mol. The van der Waals surface area contributed by atoms with Gasteiger partial charge in [0.25, 0.3) is 5.91 Å². The van der Waals surface area contributed by atoms with Gasteiger partial charge in [-0.2, -0.15) is 0 Å². The maximum absolute atomic E-state index is 13.0. The van der Waals surface area contributed by atoms with Crippen LogP contribution in [0, 0.1) is 6.92 Å². The van der Waals surface area contributed by atoms with Crippen LogP contribution in [-0.4, -0.2) is 40.6 Å². The highest BCUT2D eigenvalue weighted by Crippen LogP contribution is 2.31. The molecule has 1 aliphatic heterocycles. The maximum atomic E-state index is 13.0. The minimum Gasteiger partial charge on any atom is -0.482 e. The maximum Gasteiger partial charge on any atom is 0.341 e. The fourth-order valence-electron chi connectivity index (χ4n) is 2.80. The standard InChI is InChI=1S/C20H17ClN2O4S/c1-12-9-14(21)5-8-16(12)23-19(26)17(22(2)20(23)28)10-13-3-6-15(7-4-13)27-11-18(24)25/h3-10H,11H2,1-2H3,(H,24,25). The zero-order valence-corrected chi connectivity index (χ0v) is 16.8. The molecule has 1 saturated heterocycles. The number of anilines is 1. The number of rotatable bonds is 5. The molecule has 0 spiro atoms. The largest absolute Gasteiger partial charge is 0.482 e. The van der Waals surface area contributed by atoms with E-state index in [1.807, 2.05) is 6.92 Å². The lowest BCUT2D eigenvalue weighted by Crippen LogP contribution is -2.31. The van der Waals surface area contributed by atoms with Crippen molar-refractivity contribution in [2.75, 3.05) is 18.6 Å². The number of aryl methyl sites for hydroxylation is 1. The second-order valence-electron chi connectivity index (χ2n) is 6.19. The van der Waals surface area contributed by atoms with Crippen molar-refractivity contribution in [2.24, 2.45) is 0 Å². The second-order valence-corrected chi connectivity index (χ2v) is 7.00. The van der Waals surface area contributed by atoms with E-state index in [9.17, 15) is 9.59 Å². The monoisotopic (exact) mass is 416 g/mol. The summed E-state index contributed by atoms with van der Waals surface area (Å²) in [6.45, 7) is 1.46. The van der Waals surface area contributed by atoms with Crippen molar-refractivity contribution in [2.45, 2.75) is 6.92 Å². The molecular formula is C20H17ClN2O4S. The predicted molar refractivity (Wildman–Crippen MR) is 112 cm³/mol. The summed E-state index contributed by atoms with van der Waals surface area (Å²) in [5.74, 6) is -0.843. The van der Waals surface area contributed by atoms with Crippen molar-refractivity contribution >= 4 is 52.6 Å². The lowest BCUT2D eigenvalue weighted by atomic mass is 10.1. The molecule has 144 valence electrons. The van der Waals surface area contributed by atoms with Crippen molar-refractivity contribution in [1.82, 2.24) is 4.90 Å². The van der Waals surface area contributed by atoms with Crippen molar-refractivity contribution in [3.05, 3.63) is 64.3 Å². The number of hydrogen-bond acceptors (Lipinski definition) is 4. The Morgan fingerprint density at radius 1 is 1.25 bits per heavy atom. The fraction of sp³-hybridized carbons (Fsp3) is 0.150. The molecule has 3 rings (SSSR count). The molecule has 0 aliphatic carbocycles. The Hall–Kier alpha value is -2.90. The number of ether oxygens (including phenoxy) is 1. The molecule has 0 aromatic heterocycles. The molecule has 0 unspecified atom stereocenters. The van der Waals surface area contributed by atoms with E-state index in [1.54, 1.807) is 60.5 Å². The van der Waals surface area contributed by atoms with Gasteiger partial charge in [-0.15, -0.1) is 0 Å². The van der Waals surface area contributed by atoms with Crippen molar-refractivity contribution in [3.63, 3.8) is 0 Å². The highest BCUT2D eigenvalue weighted by atomic mass is 35.5. The number of amides is 1. The molecule has 1 amide bonds. The summed E-state index contributed by atoms with van der Waals surface area (Å²) in [7, 11) is 1.74. The third-order valence-electron chi connectivity index (χ3n) is 4.21. The van der Waals surface area contributed by atoms with Crippen LogP contribution in [0.2, 0.25) is 5.02 Å². The number of carbonyl (C=O) groups is 2. The molecule has 8 heteroatoms. The van der Waals surface area contributed by atoms with Gasteiger partial charge in [-0.3, -0.25) is 9.69 Å². The number of likely N-dealkylation sites (N-methyl/N-ethyl adjacent to an activating group) is 1. The van der Waals surface area contributed by atoms with E-state index in [1.165, 1.54) is 4.90 Å². The number of halogens is 1. The molecule has 0 bridgehead atoms. The average Bonchev–Trinajstić information content (AvgIpc) is 2.85. The Labute approximate surface area is 172 Å². The summed E-state index contributed by atoms with van der Waals surface area (Å²) >= 11 is 11.5. The SMILES string of the molecule is Cc1cc(Cl)ccc1N1C(=O)C(=Cc2ccc(OCC(=O)O)cc2)N(C)C1=S. The molecule has 2 aromatic carbocycles. The highest BCUT2D eigenvalue weighted by molar-refractivity contribution is 7.80. The Morgan fingerprint density at radius 3 is 2.54 bits per heavy atom. The number of benzene rings is 2. The van der Waals surface area contributed by atoms with Crippen LogP contribution in [0.1, 0.15) is 11.1 Å². The number of hydrogen-bond donors (Lipinski definition) is 1. The van der Waals surface area contributed by atoms with Gasteiger partial charge in [0.1, 0.15) is 11.4 Å². The molecule has 1 aliphatic rings. The third-order valence-corrected chi connectivity index (χ3v) is 4.90. The molecule has 0 saturated carbocycles. The van der Waals surface area contributed by atoms with Gasteiger partial charge in [0, 0.05) is 12.1 Å². The molecule has 1 heterocycles. The molecule has 28 heavy (non-hydrogen) atoms. The summed E-state index contributed by atoms with van der Waals surface area (Å²) in [4.78, 5) is 26.7. The topological polar surface area (TPSA) is 70.1 Å². The van der Waals surface area contributed by atoms with Crippen LogP contribution in [-0.2, 0) is 9.59 Å². The van der Waals surface area contributed by atoms with Gasteiger partial charge in [-0.25, -0.2) is 4.79 Å². The zero-order chi connectivity index (χ0) is 20.4. The zero-order valence-electron chi connectivity index (χ0n) is 15.2. The Balaban J connectivity index is 1.87. The van der Waals surface area contributed by atoms with Gasteiger partial charge < -0.3 is 14.7 Å². The van der Waals surface area contributed by atoms with Crippen LogP contribution in [0.25, 0.3) is 6.08 Å². The van der Waals surface area contributed by atoms with Gasteiger partial charge in [0.05, 0.1) is 5.69 Å². The number of carboxylic acids is 1. The minimum atomic E-state index is -1.05. The molecule has 0 radical (unpaired) electrons. The number of aliphatic carboxylic acids is 1. The van der Waals surface area contributed by atoms with Crippen LogP contribution in [0.3, 0.4) is 0 Å². The Bertz CT molecular complexity index is 988. The summed E-state index contributed by atoms with van der Waals surface area (Å²) < 4.78 is 5.11. The molecule has 2 aromatic rings. The summed E-state index contributed by atoms with van der Waals surface area (Å²) in [6, 6.07) is 12.0. The van der Waals surface area contributed by atoms with Crippen LogP contribution in [0.4, 0.5) is 5.69 Å². The predicted octanol–water partition coefficient (Wildman–Crippen LogP) is 3.72. The fourth-order valence-corrected chi connectivity index (χ4v) is 3.31. The minimum absolute atomic E-state index is 0.232. The van der Waals surface area contributed by atoms with Crippen LogP contribution < -0.4 is 9.64 Å². The van der Waals surface area contributed by atoms with Crippen LogP contribution in [0.15, 0.2) is 48.2 Å². The first-order chi connectivity index (χ1) is 13.3. The molecule has 6 nitrogen and oxygen atoms in total. The van der Waals surface area contributed by atoms with Crippen molar-refractivity contribution in [1.29, 1.82) is 0 Å². The summed E-state index contributed by atoms with van der Waals surface area (Å²) in [5.41, 5.74) is 2.72. The normalized spacial score (nSPS) is 15.5. The van der Waals surface area contributed by atoms with Gasteiger partial charge in [-0.1, -0.05) is 23.7 Å².